The number of thiocarbonyl (C=S) groups is 3. The molecule has 9 heterocycles. The summed E-state index contributed by atoms with van der Waals surface area (Å²) in [6, 6.07) is 50.2. The second-order valence-corrected chi connectivity index (χ2v) is 30.4. The molecule has 12 rings (SSSR count). The first-order chi connectivity index (χ1) is 41.0. The number of anilines is 3. The zero-order valence-electron chi connectivity index (χ0n) is 43.3. The molecule has 3 fully saturated rings. The number of carboxylic acid groups (broad SMARTS) is 3. The first-order valence-electron chi connectivity index (χ1n) is 25.2. The number of amides is 2. The van der Waals surface area contributed by atoms with Crippen LogP contribution in [0.5, 0.6) is 0 Å². The van der Waals surface area contributed by atoms with Gasteiger partial charge in [0.2, 0.25) is 0 Å². The highest BCUT2D eigenvalue weighted by atomic mass is 32.2. The van der Waals surface area contributed by atoms with E-state index in [4.69, 9.17) is 36.7 Å². The van der Waals surface area contributed by atoms with Crippen molar-refractivity contribution < 1.29 is 44.4 Å². The Hall–Kier alpha value is -6.69. The highest BCUT2D eigenvalue weighted by Gasteiger charge is 2.36. The summed E-state index contributed by atoms with van der Waals surface area (Å²) in [4.78, 5) is 79.2. The maximum atomic E-state index is 12.9. The van der Waals surface area contributed by atoms with E-state index in [-0.39, 0.29) is 15.2 Å². The number of aliphatic hydroxyl groups excluding tert-OH is 1. The van der Waals surface area contributed by atoms with Crippen molar-refractivity contribution in [2.45, 2.75) is 6.23 Å². The number of hydrogen-bond acceptors (Lipinski definition) is 19. The molecule has 2 amide bonds. The Morgan fingerprint density at radius 3 is 1.08 bits per heavy atom. The van der Waals surface area contributed by atoms with Crippen LogP contribution in [-0.2, 0) is 24.0 Å². The summed E-state index contributed by atoms with van der Waals surface area (Å²) in [7, 11) is 0. The zero-order valence-corrected chi connectivity index (χ0v) is 53.1. The Morgan fingerprint density at radius 1 is 0.412 bits per heavy atom. The van der Waals surface area contributed by atoms with Crippen LogP contribution in [0, 0.1) is 0 Å². The van der Waals surface area contributed by atoms with Gasteiger partial charge >= 0.3 is 17.9 Å². The minimum atomic E-state index is -1.12. The summed E-state index contributed by atoms with van der Waals surface area (Å²) < 4.78 is 0.781. The number of thiophene rings is 6. The second-order valence-electron chi connectivity index (χ2n) is 18.7. The maximum Gasteiger partial charge on any atom is 0.323 e. The van der Waals surface area contributed by atoms with Gasteiger partial charge in [0.15, 0.2) is 6.23 Å². The SMILES string of the molecule is O=C(O)CN1C(=O)/C(=C/c2ccc(-c3ccc(-c4ccc(N(c5ccc(-c6ccc(-c7ccc(/C=C8/SC(=S)N(CC(=O)O)C8=O)s7)s6)cc5)c5ccc(-c6ccc(-c7ccc(/C=C8/SC(=S)N(CC(=O)O)C8O)s7)s6)cc5)cc4)s3)s2)SC1=S. The number of carbonyl (C=O) groups excluding carboxylic acids is 2. The van der Waals surface area contributed by atoms with Gasteiger partial charge < -0.3 is 30.2 Å². The molecular weight excluding hydrogens is 1310 g/mol. The van der Waals surface area contributed by atoms with Crippen LogP contribution in [0.15, 0.2) is 160 Å². The minimum absolute atomic E-state index is 0.228. The van der Waals surface area contributed by atoms with Crippen molar-refractivity contribution in [1.29, 1.82) is 0 Å². The molecule has 424 valence electrons. The molecule has 85 heavy (non-hydrogen) atoms. The molecule has 25 heteroatoms. The van der Waals surface area contributed by atoms with Crippen LogP contribution < -0.4 is 4.90 Å². The number of thioether (sulfide) groups is 3. The third-order valence-electron chi connectivity index (χ3n) is 13.1. The topological polar surface area (TPSA) is 179 Å². The summed E-state index contributed by atoms with van der Waals surface area (Å²) in [5, 5.41) is 38.6. The fraction of sp³-hybridized carbons (Fsp3) is 0.0667. The average molecular weight is 1340 g/mol. The molecule has 0 bridgehead atoms. The van der Waals surface area contributed by atoms with Gasteiger partial charge in [0.1, 0.15) is 32.6 Å². The van der Waals surface area contributed by atoms with Crippen LogP contribution in [0.3, 0.4) is 0 Å². The van der Waals surface area contributed by atoms with Crippen molar-refractivity contribution in [2.24, 2.45) is 0 Å². The van der Waals surface area contributed by atoms with E-state index >= 15 is 0 Å². The van der Waals surface area contributed by atoms with Gasteiger partial charge in [-0.15, -0.1) is 68.0 Å². The Morgan fingerprint density at radius 2 is 0.729 bits per heavy atom. The van der Waals surface area contributed by atoms with Gasteiger partial charge in [0.05, 0.1) is 9.81 Å². The van der Waals surface area contributed by atoms with Crippen LogP contribution in [0.25, 0.3) is 78.8 Å². The summed E-state index contributed by atoms with van der Waals surface area (Å²) in [6.07, 6.45) is 4.28. The summed E-state index contributed by atoms with van der Waals surface area (Å²) >= 11 is 29.0. The second kappa shape index (κ2) is 25.0. The molecule has 0 aliphatic carbocycles. The van der Waals surface area contributed by atoms with Crippen molar-refractivity contribution >= 4 is 218 Å². The quantitative estimate of drug-likeness (QED) is 0.0470. The molecular formula is C60H38N4O9S12. The van der Waals surface area contributed by atoms with Gasteiger partial charge in [-0.25, -0.2) is 0 Å². The highest BCUT2D eigenvalue weighted by Crippen LogP contribution is 2.46. The Kier molecular flexibility index (Phi) is 17.2. The van der Waals surface area contributed by atoms with E-state index < -0.39 is 49.0 Å². The van der Waals surface area contributed by atoms with Gasteiger partial charge in [-0.05, 0) is 144 Å². The first kappa shape index (κ1) is 58.7. The van der Waals surface area contributed by atoms with E-state index in [2.05, 4.69) is 120 Å². The number of nitrogens with zero attached hydrogens (tertiary/aromatic N) is 4. The number of hydrogen-bond donors (Lipinski definition) is 4. The lowest BCUT2D eigenvalue weighted by Gasteiger charge is -2.26. The van der Waals surface area contributed by atoms with Crippen molar-refractivity contribution in [1.82, 2.24) is 14.7 Å². The molecule has 4 N–H and O–H groups in total. The maximum absolute atomic E-state index is 12.9. The summed E-state index contributed by atoms with van der Waals surface area (Å²) in [5.74, 6) is -4.13. The summed E-state index contributed by atoms with van der Waals surface area (Å²) in [6.45, 7) is -1.32. The van der Waals surface area contributed by atoms with Crippen molar-refractivity contribution in [3.63, 3.8) is 0 Å². The van der Waals surface area contributed by atoms with E-state index in [0.29, 0.717) is 19.0 Å². The van der Waals surface area contributed by atoms with Crippen LogP contribution in [0.1, 0.15) is 14.6 Å². The van der Waals surface area contributed by atoms with Crippen molar-refractivity contribution in [3.8, 4) is 60.6 Å². The highest BCUT2D eigenvalue weighted by molar-refractivity contribution is 8.27. The number of benzene rings is 3. The lowest BCUT2D eigenvalue weighted by Crippen LogP contribution is -2.36. The molecule has 0 saturated carbocycles. The van der Waals surface area contributed by atoms with E-state index in [0.717, 1.165) is 126 Å². The summed E-state index contributed by atoms with van der Waals surface area (Å²) in [5.41, 5.74) is 6.02. The Bertz CT molecular complexity index is 4110. The van der Waals surface area contributed by atoms with E-state index in [1.54, 1.807) is 80.2 Å². The zero-order chi connectivity index (χ0) is 59.2. The van der Waals surface area contributed by atoms with Gasteiger partial charge in [-0.2, -0.15) is 0 Å². The van der Waals surface area contributed by atoms with Gasteiger partial charge in [0.25, 0.3) is 11.8 Å². The standard InChI is InChI=1S/C60H38N4O9S12/c65-52(66)28-61-55(71)49(83-58(61)74)25-37-13-16-43(77-37)46-22-19-40(80-46)31-1-7-34(8-2-31)64(35-9-3-32(4-10-35)41-20-23-47(81-41)44-17-14-38(78-44)26-50-56(72)62(29-53(67)68)59(75)84-50)36-11-5-33(6-12-36)42-21-24-48(82-42)45-18-15-39(79-45)27-51-57(73)63(30-54(69)70)60(76)85-51/h1-27,55,71H,28-30H2,(H,65,66)(H,67,68)(H,69,70)/b49-25+,50-26-,51-27+. The number of aliphatic carboxylic acids is 3. The average Bonchev–Trinajstić information content (AvgIpc) is 3.83. The Labute approximate surface area is 538 Å². The number of carbonyl (C=O) groups is 5. The van der Waals surface area contributed by atoms with E-state index in [1.165, 1.54) is 16.7 Å². The predicted molar refractivity (Wildman–Crippen MR) is 365 cm³/mol. The van der Waals surface area contributed by atoms with Crippen molar-refractivity contribution in [2.75, 3.05) is 24.5 Å². The van der Waals surface area contributed by atoms with Crippen LogP contribution in [0.2, 0.25) is 0 Å². The fourth-order valence-electron chi connectivity index (χ4n) is 9.14. The lowest BCUT2D eigenvalue weighted by atomic mass is 10.1. The number of rotatable bonds is 18. The molecule has 6 aromatic heterocycles. The van der Waals surface area contributed by atoms with Crippen LogP contribution in [-0.4, -0.2) is 104 Å². The normalized spacial score (nSPS) is 16.8. The smallest absolute Gasteiger partial charge is 0.323 e. The molecule has 13 nitrogen and oxygen atoms in total. The molecule has 3 aliphatic heterocycles. The number of aliphatic hydroxyl groups is 1. The van der Waals surface area contributed by atoms with Gasteiger partial charge in [-0.1, -0.05) is 108 Å². The molecule has 3 aromatic carbocycles. The predicted octanol–water partition coefficient (Wildman–Crippen LogP) is 16.2. The molecule has 0 spiro atoms. The first-order valence-corrected chi connectivity index (χ1v) is 33.8. The fourth-order valence-corrected chi connectivity index (χ4v) is 19.4. The Balaban J connectivity index is 0.790. The van der Waals surface area contributed by atoms with E-state index in [1.807, 2.05) is 36.4 Å². The third-order valence-corrected chi connectivity index (χ3v) is 24.4. The lowest BCUT2D eigenvalue weighted by molar-refractivity contribution is -0.140. The molecule has 3 aliphatic rings. The van der Waals surface area contributed by atoms with Gasteiger partial charge in [0, 0.05) is 80.5 Å². The minimum Gasteiger partial charge on any atom is -0.480 e. The molecule has 9 aromatic rings. The van der Waals surface area contributed by atoms with Crippen LogP contribution >= 0.6 is 140 Å². The monoisotopic (exact) mass is 1340 g/mol. The molecule has 1 atom stereocenters. The third kappa shape index (κ3) is 12.8. The van der Waals surface area contributed by atoms with Crippen molar-refractivity contribution in [3.05, 3.63) is 175 Å². The van der Waals surface area contributed by atoms with Crippen LogP contribution in [0.4, 0.5) is 17.1 Å². The number of carboxylic acids is 3. The molecule has 3 saturated heterocycles. The van der Waals surface area contributed by atoms with Gasteiger partial charge in [-0.3, -0.25) is 33.8 Å². The molecule has 1 unspecified atom stereocenters. The van der Waals surface area contributed by atoms with E-state index in [9.17, 15) is 44.4 Å². The largest absolute Gasteiger partial charge is 0.480 e. The molecule has 0 radical (unpaired) electrons.